The second-order valence-electron chi connectivity index (χ2n) is 6.59. The van der Waals surface area contributed by atoms with Crippen LogP contribution in [0.3, 0.4) is 0 Å². The second-order valence-corrected chi connectivity index (χ2v) is 8.65. The summed E-state index contributed by atoms with van der Waals surface area (Å²) in [6.07, 6.45) is 0. The highest BCUT2D eigenvalue weighted by Gasteiger charge is 2.22. The minimum absolute atomic E-state index is 0.0995. The summed E-state index contributed by atoms with van der Waals surface area (Å²) in [4.78, 5) is 0.182. The summed E-state index contributed by atoms with van der Waals surface area (Å²) in [6, 6.07) is 15.5. The Morgan fingerprint density at radius 2 is 1.54 bits per heavy atom. The Morgan fingerprint density at radius 3 is 2.18 bits per heavy atom. The topological polar surface area (TPSA) is 64.6 Å². The highest BCUT2D eigenvalue weighted by atomic mass is 35.5. The Hall–Kier alpha value is -2.70. The van der Waals surface area contributed by atoms with Crippen molar-refractivity contribution < 1.29 is 17.9 Å². The van der Waals surface area contributed by atoms with Gasteiger partial charge in [0, 0.05) is 16.7 Å². The molecule has 144 valence electrons. The van der Waals surface area contributed by atoms with E-state index in [0.717, 1.165) is 16.7 Å². The van der Waals surface area contributed by atoms with Crippen molar-refractivity contribution in [3.05, 3.63) is 70.7 Å². The molecular weight excluding hydrogens is 398 g/mol. The highest BCUT2D eigenvalue weighted by Crippen LogP contribution is 2.43. The molecule has 0 atom stereocenters. The molecule has 0 fully saturated rings. The van der Waals surface area contributed by atoms with E-state index in [2.05, 4.69) is 4.72 Å². The van der Waals surface area contributed by atoms with E-state index in [1.165, 1.54) is 0 Å². The molecule has 0 radical (unpaired) electrons. The number of rotatable bonds is 4. The van der Waals surface area contributed by atoms with Crippen LogP contribution in [0.4, 0.5) is 5.69 Å². The van der Waals surface area contributed by atoms with Crippen molar-refractivity contribution in [1.82, 2.24) is 0 Å². The summed E-state index contributed by atoms with van der Waals surface area (Å²) < 4.78 is 39.4. The summed E-state index contributed by atoms with van der Waals surface area (Å²) >= 11 is 6.30. The molecule has 1 heterocycles. The number of ether oxygens (including phenoxy) is 2. The molecule has 5 nitrogen and oxygen atoms in total. The van der Waals surface area contributed by atoms with Gasteiger partial charge in [-0.1, -0.05) is 29.8 Å². The number of hydrogen-bond acceptors (Lipinski definition) is 4. The maximum Gasteiger partial charge on any atom is 0.261 e. The first kappa shape index (κ1) is 18.7. The lowest BCUT2D eigenvalue weighted by Crippen LogP contribution is -2.13. The first-order chi connectivity index (χ1) is 13.3. The molecule has 0 aliphatic carbocycles. The molecule has 0 unspecified atom stereocenters. The van der Waals surface area contributed by atoms with Gasteiger partial charge < -0.3 is 9.47 Å². The van der Waals surface area contributed by atoms with E-state index in [1.807, 2.05) is 26.0 Å². The van der Waals surface area contributed by atoms with Gasteiger partial charge in [-0.3, -0.25) is 4.72 Å². The average Bonchev–Trinajstić information content (AvgIpc) is 3.13. The van der Waals surface area contributed by atoms with E-state index >= 15 is 0 Å². The first-order valence-corrected chi connectivity index (χ1v) is 10.5. The summed E-state index contributed by atoms with van der Waals surface area (Å²) in [7, 11) is -3.76. The van der Waals surface area contributed by atoms with Crippen molar-refractivity contribution >= 4 is 27.3 Å². The molecule has 1 N–H and O–H groups in total. The molecule has 0 aromatic heterocycles. The predicted octanol–water partition coefficient (Wildman–Crippen LogP) is 5.15. The minimum atomic E-state index is -3.76. The number of nitrogens with one attached hydrogen (secondary N) is 1. The third-order valence-electron chi connectivity index (χ3n) is 4.56. The van der Waals surface area contributed by atoms with E-state index in [1.54, 1.807) is 42.5 Å². The Kier molecular flexibility index (Phi) is 4.69. The van der Waals surface area contributed by atoms with Crippen LogP contribution in [0.25, 0.3) is 11.1 Å². The zero-order chi connectivity index (χ0) is 19.9. The van der Waals surface area contributed by atoms with Gasteiger partial charge in [0.25, 0.3) is 10.0 Å². The van der Waals surface area contributed by atoms with E-state index in [0.29, 0.717) is 27.8 Å². The van der Waals surface area contributed by atoms with Gasteiger partial charge in [-0.15, -0.1) is 0 Å². The third kappa shape index (κ3) is 3.41. The largest absolute Gasteiger partial charge is 0.454 e. The van der Waals surface area contributed by atoms with Gasteiger partial charge in [-0.05, 0) is 60.9 Å². The molecular formula is C21H18ClNO4S. The van der Waals surface area contributed by atoms with Gasteiger partial charge in [-0.25, -0.2) is 8.42 Å². The van der Waals surface area contributed by atoms with Crippen molar-refractivity contribution in [3.8, 4) is 22.6 Å². The normalized spacial score (nSPS) is 12.8. The van der Waals surface area contributed by atoms with E-state index < -0.39 is 10.0 Å². The van der Waals surface area contributed by atoms with Crippen LogP contribution in [-0.4, -0.2) is 15.2 Å². The molecule has 28 heavy (non-hydrogen) atoms. The highest BCUT2D eigenvalue weighted by molar-refractivity contribution is 7.92. The fourth-order valence-electron chi connectivity index (χ4n) is 3.17. The van der Waals surface area contributed by atoms with Gasteiger partial charge in [-0.2, -0.15) is 0 Å². The molecule has 4 rings (SSSR count). The van der Waals surface area contributed by atoms with Crippen LogP contribution in [0.15, 0.2) is 59.5 Å². The van der Waals surface area contributed by atoms with Crippen LogP contribution >= 0.6 is 11.6 Å². The van der Waals surface area contributed by atoms with Gasteiger partial charge in [0.1, 0.15) is 0 Å². The quantitative estimate of drug-likeness (QED) is 0.639. The molecule has 0 amide bonds. The van der Waals surface area contributed by atoms with Gasteiger partial charge in [0.15, 0.2) is 11.5 Å². The Balaban J connectivity index is 1.86. The van der Waals surface area contributed by atoms with Crippen molar-refractivity contribution in [2.75, 3.05) is 11.5 Å². The fourth-order valence-corrected chi connectivity index (χ4v) is 4.37. The van der Waals surface area contributed by atoms with Crippen molar-refractivity contribution in [1.29, 1.82) is 0 Å². The SMILES string of the molecule is Cc1cc(-c2cc3c(cc2NS(=O)(=O)c2ccccc2)OCO3)cc(C)c1Cl. The fraction of sp³-hybridized carbons (Fsp3) is 0.143. The van der Waals surface area contributed by atoms with Gasteiger partial charge in [0.2, 0.25) is 6.79 Å². The van der Waals surface area contributed by atoms with Crippen LogP contribution < -0.4 is 14.2 Å². The van der Waals surface area contributed by atoms with Crippen LogP contribution in [0, 0.1) is 13.8 Å². The number of fused-ring (bicyclic) bond motifs is 1. The standard InChI is InChI=1S/C21H18ClNO4S/c1-13-8-15(9-14(2)21(13)22)17-10-19-20(27-12-26-19)11-18(17)23-28(24,25)16-6-4-3-5-7-16/h3-11,23H,12H2,1-2H3. The van der Waals surface area contributed by atoms with Crippen LogP contribution in [-0.2, 0) is 10.0 Å². The average molecular weight is 416 g/mol. The molecule has 7 heteroatoms. The predicted molar refractivity (Wildman–Crippen MR) is 110 cm³/mol. The van der Waals surface area contributed by atoms with Crippen LogP contribution in [0.1, 0.15) is 11.1 Å². The molecule has 3 aromatic carbocycles. The Labute approximate surface area is 168 Å². The number of benzene rings is 3. The maximum atomic E-state index is 12.9. The van der Waals surface area contributed by atoms with E-state index in [-0.39, 0.29) is 11.7 Å². The summed E-state index contributed by atoms with van der Waals surface area (Å²) in [5.74, 6) is 1.07. The molecule has 1 aliphatic rings. The van der Waals surface area contributed by atoms with Crippen LogP contribution in [0.2, 0.25) is 5.02 Å². The lowest BCUT2D eigenvalue weighted by Gasteiger charge is -2.15. The summed E-state index contributed by atoms with van der Waals surface area (Å²) in [5.41, 5.74) is 3.75. The van der Waals surface area contributed by atoms with E-state index in [4.69, 9.17) is 21.1 Å². The number of sulfonamides is 1. The summed E-state index contributed by atoms with van der Waals surface area (Å²) in [5, 5.41) is 0.691. The lowest BCUT2D eigenvalue weighted by molar-refractivity contribution is 0.174. The first-order valence-electron chi connectivity index (χ1n) is 8.64. The number of hydrogen-bond donors (Lipinski definition) is 1. The Morgan fingerprint density at radius 1 is 0.929 bits per heavy atom. The van der Waals surface area contributed by atoms with Gasteiger partial charge in [0.05, 0.1) is 10.6 Å². The second kappa shape index (κ2) is 7.04. The smallest absolute Gasteiger partial charge is 0.261 e. The van der Waals surface area contributed by atoms with Crippen molar-refractivity contribution in [2.24, 2.45) is 0 Å². The number of anilines is 1. The number of aryl methyl sites for hydroxylation is 2. The van der Waals surface area contributed by atoms with Crippen LogP contribution in [0.5, 0.6) is 11.5 Å². The maximum absolute atomic E-state index is 12.9. The third-order valence-corrected chi connectivity index (χ3v) is 6.54. The molecule has 0 bridgehead atoms. The molecule has 1 aliphatic heterocycles. The van der Waals surface area contributed by atoms with Crippen molar-refractivity contribution in [2.45, 2.75) is 18.7 Å². The Bertz CT molecular complexity index is 1140. The number of halogens is 1. The molecule has 3 aromatic rings. The van der Waals surface area contributed by atoms with Gasteiger partial charge >= 0.3 is 0 Å². The minimum Gasteiger partial charge on any atom is -0.454 e. The zero-order valence-corrected chi connectivity index (χ0v) is 16.9. The monoisotopic (exact) mass is 415 g/mol. The zero-order valence-electron chi connectivity index (χ0n) is 15.3. The summed E-state index contributed by atoms with van der Waals surface area (Å²) in [6.45, 7) is 3.93. The molecule has 0 saturated heterocycles. The molecule has 0 spiro atoms. The van der Waals surface area contributed by atoms with E-state index in [9.17, 15) is 8.42 Å². The van der Waals surface area contributed by atoms with Crippen molar-refractivity contribution in [3.63, 3.8) is 0 Å². The lowest BCUT2D eigenvalue weighted by atomic mass is 9.99. The molecule has 0 saturated carbocycles.